The molecule has 0 amide bonds. The lowest BCUT2D eigenvalue weighted by molar-refractivity contribution is 0.414. The van der Waals surface area contributed by atoms with Gasteiger partial charge in [-0.3, -0.25) is 0 Å². The number of fused-ring (bicyclic) bond motifs is 1. The molecule has 1 aromatic carbocycles. The molecule has 146 valence electrons. The number of benzene rings is 1. The van der Waals surface area contributed by atoms with Crippen LogP contribution in [0.4, 0.5) is 11.6 Å². The molecule has 3 aromatic rings. The molecule has 0 radical (unpaired) electrons. The normalized spacial score (nSPS) is 15.0. The molecular weight excluding hydrogens is 400 g/mol. The predicted molar refractivity (Wildman–Crippen MR) is 111 cm³/mol. The van der Waals surface area contributed by atoms with E-state index in [4.69, 9.17) is 16.3 Å². The second-order valence-electron chi connectivity index (χ2n) is 6.28. The minimum atomic E-state index is -0.779. The van der Waals surface area contributed by atoms with Gasteiger partial charge in [-0.25, -0.2) is 15.0 Å². The van der Waals surface area contributed by atoms with E-state index in [2.05, 4.69) is 30.2 Å². The minimum Gasteiger partial charge on any atom is -0.616 e. The van der Waals surface area contributed by atoms with Crippen LogP contribution in [-0.2, 0) is 17.7 Å². The third-order valence-electron chi connectivity index (χ3n) is 4.51. The van der Waals surface area contributed by atoms with Crippen molar-refractivity contribution in [1.82, 2.24) is 19.9 Å². The average molecular weight is 419 g/mol. The first kappa shape index (κ1) is 19.0. The second-order valence-corrected chi connectivity index (χ2v) is 8.31. The molecule has 8 nitrogen and oxygen atoms in total. The van der Waals surface area contributed by atoms with Crippen LogP contribution in [-0.4, -0.2) is 56.2 Å². The Balaban J connectivity index is 1.64. The van der Waals surface area contributed by atoms with Crippen molar-refractivity contribution in [3.8, 4) is 5.75 Å². The molecule has 1 fully saturated rings. The van der Waals surface area contributed by atoms with E-state index in [0.717, 1.165) is 11.3 Å². The molecule has 28 heavy (non-hydrogen) atoms. The molecular formula is C18H19ClN6O2S. The Labute approximate surface area is 170 Å². The molecule has 1 aliphatic rings. The highest BCUT2D eigenvalue weighted by atomic mass is 35.5. The largest absolute Gasteiger partial charge is 0.616 e. The smallest absolute Gasteiger partial charge is 0.225 e. The first-order chi connectivity index (χ1) is 13.6. The van der Waals surface area contributed by atoms with Crippen molar-refractivity contribution >= 4 is 45.4 Å². The molecule has 3 heterocycles. The summed E-state index contributed by atoms with van der Waals surface area (Å²) in [6.07, 6.45) is 1.49. The number of methoxy groups -OCH3 is 1. The Morgan fingerprint density at radius 3 is 2.82 bits per heavy atom. The summed E-state index contributed by atoms with van der Waals surface area (Å²) in [7, 11) is 1.64. The van der Waals surface area contributed by atoms with Crippen molar-refractivity contribution in [1.29, 1.82) is 0 Å². The molecule has 0 unspecified atom stereocenters. The van der Waals surface area contributed by atoms with Crippen LogP contribution in [0.5, 0.6) is 5.75 Å². The highest BCUT2D eigenvalue weighted by molar-refractivity contribution is 7.91. The number of ether oxygens (including phenoxy) is 1. The fraction of sp³-hybridized carbons (Fsp3) is 0.333. The van der Waals surface area contributed by atoms with E-state index >= 15 is 0 Å². The van der Waals surface area contributed by atoms with Crippen molar-refractivity contribution in [2.24, 2.45) is 0 Å². The van der Waals surface area contributed by atoms with E-state index in [-0.39, 0.29) is 5.28 Å². The van der Waals surface area contributed by atoms with Gasteiger partial charge in [0.1, 0.15) is 34.6 Å². The summed E-state index contributed by atoms with van der Waals surface area (Å²) < 4.78 is 16.9. The zero-order valence-corrected chi connectivity index (χ0v) is 16.8. The van der Waals surface area contributed by atoms with Crippen LogP contribution in [0.2, 0.25) is 5.28 Å². The number of nitrogens with zero attached hydrogens (tertiary/aromatic N) is 5. The van der Waals surface area contributed by atoms with Gasteiger partial charge in [0.15, 0.2) is 11.6 Å². The average Bonchev–Trinajstić information content (AvgIpc) is 2.72. The second kappa shape index (κ2) is 8.34. The molecule has 1 aliphatic heterocycles. The Bertz CT molecular complexity index is 983. The van der Waals surface area contributed by atoms with Gasteiger partial charge in [-0.1, -0.05) is 23.3 Å². The van der Waals surface area contributed by atoms with Gasteiger partial charge in [-0.2, -0.15) is 4.98 Å². The van der Waals surface area contributed by atoms with Crippen LogP contribution in [0.3, 0.4) is 0 Å². The van der Waals surface area contributed by atoms with Crippen molar-refractivity contribution in [3.63, 3.8) is 0 Å². The molecule has 0 atom stereocenters. The maximum absolute atomic E-state index is 11.7. The highest BCUT2D eigenvalue weighted by Crippen LogP contribution is 2.28. The third-order valence-corrected chi connectivity index (χ3v) is 5.95. The lowest BCUT2D eigenvalue weighted by Crippen LogP contribution is -2.41. The lowest BCUT2D eigenvalue weighted by atomic mass is 10.2. The number of anilines is 2. The Morgan fingerprint density at radius 1 is 1.21 bits per heavy atom. The van der Waals surface area contributed by atoms with E-state index in [0.29, 0.717) is 53.8 Å². The highest BCUT2D eigenvalue weighted by Gasteiger charge is 2.24. The van der Waals surface area contributed by atoms with Crippen LogP contribution in [0.25, 0.3) is 11.0 Å². The number of hydrogen-bond donors (Lipinski definition) is 1. The molecule has 0 saturated carbocycles. The van der Waals surface area contributed by atoms with Crippen molar-refractivity contribution in [2.45, 2.75) is 6.54 Å². The maximum Gasteiger partial charge on any atom is 0.225 e. The summed E-state index contributed by atoms with van der Waals surface area (Å²) in [5.74, 6) is 3.24. The van der Waals surface area contributed by atoms with Crippen LogP contribution < -0.4 is 15.0 Å². The zero-order valence-electron chi connectivity index (χ0n) is 15.3. The number of halogens is 1. The van der Waals surface area contributed by atoms with Gasteiger partial charge in [0.25, 0.3) is 0 Å². The lowest BCUT2D eigenvalue weighted by Gasteiger charge is -2.29. The fourth-order valence-corrected chi connectivity index (χ4v) is 4.29. The summed E-state index contributed by atoms with van der Waals surface area (Å²) in [5.41, 5.74) is 2.23. The summed E-state index contributed by atoms with van der Waals surface area (Å²) in [4.78, 5) is 19.5. The van der Waals surface area contributed by atoms with E-state index < -0.39 is 11.2 Å². The van der Waals surface area contributed by atoms with Crippen LogP contribution in [0.1, 0.15) is 5.56 Å². The van der Waals surface area contributed by atoms with Gasteiger partial charge in [0.2, 0.25) is 5.28 Å². The summed E-state index contributed by atoms with van der Waals surface area (Å²) in [6.45, 7) is 1.83. The van der Waals surface area contributed by atoms with Gasteiger partial charge in [0.05, 0.1) is 20.2 Å². The van der Waals surface area contributed by atoms with Crippen LogP contribution in [0.15, 0.2) is 30.6 Å². The molecule has 1 N–H and O–H groups in total. The quantitative estimate of drug-likeness (QED) is 0.497. The van der Waals surface area contributed by atoms with Crippen molar-refractivity contribution in [3.05, 3.63) is 41.4 Å². The molecule has 2 aromatic heterocycles. The zero-order chi connectivity index (χ0) is 19.5. The number of hydrogen-bond acceptors (Lipinski definition) is 8. The van der Waals surface area contributed by atoms with E-state index in [9.17, 15) is 4.55 Å². The van der Waals surface area contributed by atoms with Crippen molar-refractivity contribution < 1.29 is 9.29 Å². The van der Waals surface area contributed by atoms with E-state index in [1.54, 1.807) is 7.11 Å². The summed E-state index contributed by atoms with van der Waals surface area (Å²) in [5, 5.41) is 3.43. The third kappa shape index (κ3) is 4.06. The molecule has 4 rings (SSSR count). The van der Waals surface area contributed by atoms with Gasteiger partial charge < -0.3 is 19.5 Å². The Hall–Kier alpha value is -2.36. The first-order valence-corrected chi connectivity index (χ1v) is 10.7. The monoisotopic (exact) mass is 418 g/mol. The minimum absolute atomic E-state index is 0.133. The van der Waals surface area contributed by atoms with Crippen LogP contribution >= 0.6 is 11.6 Å². The number of rotatable bonds is 5. The number of aromatic nitrogens is 4. The topological polar surface area (TPSA) is 99.1 Å². The van der Waals surface area contributed by atoms with Gasteiger partial charge in [-0.15, -0.1) is 0 Å². The Morgan fingerprint density at radius 2 is 2.04 bits per heavy atom. The predicted octanol–water partition coefficient (Wildman–Crippen LogP) is 2.26. The SMILES string of the molecule is COc1cccc(CNc2ncnc3c(N4CC[S+]([O-])CC4)nc(Cl)nc23)c1. The fourth-order valence-electron chi connectivity index (χ4n) is 3.07. The van der Waals surface area contributed by atoms with Gasteiger partial charge in [-0.05, 0) is 29.3 Å². The maximum atomic E-state index is 11.7. The van der Waals surface area contributed by atoms with Crippen LogP contribution in [0, 0.1) is 0 Å². The van der Waals surface area contributed by atoms with E-state index in [1.165, 1.54) is 6.33 Å². The van der Waals surface area contributed by atoms with Gasteiger partial charge >= 0.3 is 0 Å². The molecule has 0 bridgehead atoms. The molecule has 0 spiro atoms. The first-order valence-electron chi connectivity index (χ1n) is 8.79. The van der Waals surface area contributed by atoms with Crippen molar-refractivity contribution in [2.75, 3.05) is 41.9 Å². The standard InChI is InChI=1S/C18H19ClN6O2S/c1-27-13-4-2-3-12(9-13)10-20-16-14-15(21-11-22-16)17(24-18(19)23-14)25-5-7-28(26)8-6-25/h2-4,9,11H,5-8,10H2,1H3,(H,20,21,22). The molecule has 1 saturated heterocycles. The number of nitrogens with one attached hydrogen (secondary N) is 1. The molecule has 0 aliphatic carbocycles. The Kier molecular flexibility index (Phi) is 5.65. The summed E-state index contributed by atoms with van der Waals surface area (Å²) in [6, 6.07) is 7.79. The molecule has 10 heteroatoms. The summed E-state index contributed by atoms with van der Waals surface area (Å²) >= 11 is 5.41. The van der Waals surface area contributed by atoms with E-state index in [1.807, 2.05) is 24.3 Å². The van der Waals surface area contributed by atoms with Gasteiger partial charge in [0, 0.05) is 6.54 Å².